The van der Waals surface area contributed by atoms with Crippen LogP contribution in [0.3, 0.4) is 0 Å². The van der Waals surface area contributed by atoms with Crippen LogP contribution in [0.1, 0.15) is 33.8 Å². The maximum Gasteiger partial charge on any atom is 0.452 e. The number of rotatable bonds is 5. The van der Waals surface area contributed by atoms with Crippen LogP contribution in [0, 0.1) is 6.92 Å². The van der Waals surface area contributed by atoms with Crippen LogP contribution in [0.15, 0.2) is 16.7 Å². The summed E-state index contributed by atoms with van der Waals surface area (Å²) in [7, 11) is 0. The molecule has 2 aliphatic heterocycles. The lowest BCUT2D eigenvalue weighted by atomic mass is 10.1. The Kier molecular flexibility index (Phi) is 7.05. The molecule has 2 saturated heterocycles. The number of nitrogens with one attached hydrogen (secondary N) is 1. The highest BCUT2D eigenvalue weighted by atomic mass is 32.1. The summed E-state index contributed by atoms with van der Waals surface area (Å²) in [6, 6.07) is 3.03. The first-order valence-electron chi connectivity index (χ1n) is 10.7. The summed E-state index contributed by atoms with van der Waals surface area (Å²) in [4.78, 5) is 30.0. The van der Waals surface area contributed by atoms with Crippen molar-refractivity contribution in [2.45, 2.75) is 32.0 Å². The Morgan fingerprint density at radius 3 is 2.70 bits per heavy atom. The number of carbonyl (C=O) groups excluding carboxylic acids is 2. The molecule has 4 heterocycles. The van der Waals surface area contributed by atoms with Gasteiger partial charge in [-0.2, -0.15) is 13.2 Å². The average Bonchev–Trinajstić information content (AvgIpc) is 3.40. The fourth-order valence-electron chi connectivity index (χ4n) is 4.08. The predicted molar refractivity (Wildman–Crippen MR) is 114 cm³/mol. The number of nitrogens with zero attached hydrogens (tertiary/aromatic N) is 3. The Morgan fingerprint density at radius 2 is 2.00 bits per heavy atom. The third-order valence-corrected chi connectivity index (χ3v) is 6.86. The smallest absolute Gasteiger partial charge is 0.379 e. The van der Waals surface area contributed by atoms with Crippen LogP contribution in [0.4, 0.5) is 13.2 Å². The van der Waals surface area contributed by atoms with E-state index < -0.39 is 11.9 Å². The molecule has 1 atom stereocenters. The number of hydrogen-bond donors (Lipinski definition) is 1. The zero-order valence-corrected chi connectivity index (χ0v) is 18.9. The van der Waals surface area contributed by atoms with Gasteiger partial charge in [0.15, 0.2) is 0 Å². The van der Waals surface area contributed by atoms with Gasteiger partial charge in [0, 0.05) is 37.8 Å². The van der Waals surface area contributed by atoms with Crippen LogP contribution in [-0.4, -0.2) is 78.8 Å². The van der Waals surface area contributed by atoms with Crippen LogP contribution in [0.25, 0.3) is 10.6 Å². The van der Waals surface area contributed by atoms with Gasteiger partial charge < -0.3 is 19.5 Å². The second-order valence-corrected chi connectivity index (χ2v) is 9.28. The Hall–Kier alpha value is -2.44. The van der Waals surface area contributed by atoms with Gasteiger partial charge in [0.25, 0.3) is 5.91 Å². The zero-order valence-electron chi connectivity index (χ0n) is 18.1. The highest BCUT2D eigenvalue weighted by Crippen LogP contribution is 2.38. The molecule has 2 amide bonds. The van der Waals surface area contributed by atoms with Gasteiger partial charge in [-0.1, -0.05) is 5.16 Å². The van der Waals surface area contributed by atoms with E-state index in [1.165, 1.54) is 6.92 Å². The van der Waals surface area contributed by atoms with Gasteiger partial charge in [0.1, 0.15) is 5.69 Å². The molecule has 0 bridgehead atoms. The molecule has 12 heteroatoms. The summed E-state index contributed by atoms with van der Waals surface area (Å²) in [5, 5.41) is 6.58. The first-order valence-corrected chi connectivity index (χ1v) is 11.6. The highest BCUT2D eigenvalue weighted by molar-refractivity contribution is 7.17. The van der Waals surface area contributed by atoms with E-state index in [1.807, 2.05) is 4.90 Å². The molecule has 0 spiro atoms. The van der Waals surface area contributed by atoms with Gasteiger partial charge in [-0.15, -0.1) is 11.3 Å². The van der Waals surface area contributed by atoms with Gasteiger partial charge >= 0.3 is 6.18 Å². The Bertz CT molecular complexity index is 1000. The first kappa shape index (κ1) is 23.7. The number of morpholine rings is 1. The fraction of sp³-hybridized carbons (Fsp3) is 0.571. The molecular weight excluding hydrogens is 461 g/mol. The number of carbonyl (C=O) groups is 2. The van der Waals surface area contributed by atoms with Crippen molar-refractivity contribution in [2.75, 3.05) is 45.9 Å². The molecule has 2 aromatic rings. The van der Waals surface area contributed by atoms with Crippen LogP contribution in [0.2, 0.25) is 0 Å². The lowest BCUT2D eigenvalue weighted by molar-refractivity contribution is -0.156. The molecule has 2 aliphatic rings. The molecule has 2 fully saturated rings. The van der Waals surface area contributed by atoms with Crippen molar-refractivity contribution in [1.82, 2.24) is 20.3 Å². The summed E-state index contributed by atoms with van der Waals surface area (Å²) < 4.78 is 48.7. The second kappa shape index (κ2) is 9.82. The van der Waals surface area contributed by atoms with E-state index in [0.29, 0.717) is 42.6 Å². The molecule has 1 unspecified atom stereocenters. The maximum atomic E-state index is 13.0. The molecule has 33 heavy (non-hydrogen) atoms. The highest BCUT2D eigenvalue weighted by Gasteiger charge is 2.39. The van der Waals surface area contributed by atoms with Crippen molar-refractivity contribution < 1.29 is 32.0 Å². The lowest BCUT2D eigenvalue weighted by Gasteiger charge is -2.33. The molecule has 0 radical (unpaired) electrons. The summed E-state index contributed by atoms with van der Waals surface area (Å²) in [6.45, 7) is 5.23. The van der Waals surface area contributed by atoms with Crippen LogP contribution in [0.5, 0.6) is 0 Å². The molecule has 4 rings (SSSR count). The number of thiophene rings is 1. The van der Waals surface area contributed by atoms with E-state index in [4.69, 9.17) is 4.74 Å². The van der Waals surface area contributed by atoms with Crippen molar-refractivity contribution in [3.63, 3.8) is 0 Å². The molecule has 180 valence electrons. The predicted octanol–water partition coefficient (Wildman–Crippen LogP) is 2.78. The largest absolute Gasteiger partial charge is 0.452 e. The van der Waals surface area contributed by atoms with Crippen molar-refractivity contribution in [2.24, 2.45) is 0 Å². The standard InChI is InChI=1S/C21H25F3N4O4S/c1-13-18(26-32-19(13)21(22,23)24)15-4-5-16(33-15)20(30)28-6-2-3-14(11-28)25-17(29)12-27-7-9-31-10-8-27/h4-5,14H,2-3,6-12H2,1H3,(H,25,29). The Labute approximate surface area is 192 Å². The molecule has 0 saturated carbocycles. The minimum Gasteiger partial charge on any atom is -0.379 e. The summed E-state index contributed by atoms with van der Waals surface area (Å²) in [5.74, 6) is -1.42. The molecule has 2 aromatic heterocycles. The third-order valence-electron chi connectivity index (χ3n) is 5.78. The first-order chi connectivity index (χ1) is 15.7. The van der Waals surface area contributed by atoms with Crippen molar-refractivity contribution >= 4 is 23.2 Å². The topological polar surface area (TPSA) is 87.9 Å². The van der Waals surface area contributed by atoms with Crippen molar-refractivity contribution in [3.05, 3.63) is 28.3 Å². The Balaban J connectivity index is 1.37. The summed E-state index contributed by atoms with van der Waals surface area (Å²) in [5.41, 5.74) is -0.0253. The van der Waals surface area contributed by atoms with E-state index in [0.717, 1.165) is 37.3 Å². The van der Waals surface area contributed by atoms with E-state index in [2.05, 4.69) is 15.0 Å². The van der Waals surface area contributed by atoms with Gasteiger partial charge in [-0.25, -0.2) is 0 Å². The average molecular weight is 487 g/mol. The van der Waals surface area contributed by atoms with Crippen LogP contribution in [-0.2, 0) is 15.7 Å². The van der Waals surface area contributed by atoms with Crippen molar-refractivity contribution in [1.29, 1.82) is 0 Å². The molecule has 8 nitrogen and oxygen atoms in total. The SMILES string of the molecule is Cc1c(-c2ccc(C(=O)N3CCCC(NC(=O)CN4CCOCC4)C3)s2)noc1C(F)(F)F. The number of aromatic nitrogens is 1. The lowest BCUT2D eigenvalue weighted by Crippen LogP contribution is -2.52. The van der Waals surface area contributed by atoms with Gasteiger partial charge in [0.05, 0.1) is 29.5 Å². The number of alkyl halides is 3. The van der Waals surface area contributed by atoms with E-state index >= 15 is 0 Å². The van der Waals surface area contributed by atoms with E-state index in [9.17, 15) is 22.8 Å². The Morgan fingerprint density at radius 1 is 1.24 bits per heavy atom. The molecule has 0 aromatic carbocycles. The number of hydrogen-bond acceptors (Lipinski definition) is 7. The van der Waals surface area contributed by atoms with Crippen LogP contribution < -0.4 is 5.32 Å². The quantitative estimate of drug-likeness (QED) is 0.700. The molecular formula is C21H25F3N4O4S. The third kappa shape index (κ3) is 5.56. The fourth-order valence-corrected chi connectivity index (χ4v) is 5.09. The summed E-state index contributed by atoms with van der Waals surface area (Å²) in [6.07, 6.45) is -3.09. The number of ether oxygens (including phenoxy) is 1. The van der Waals surface area contributed by atoms with E-state index in [1.54, 1.807) is 17.0 Å². The number of amides is 2. The maximum absolute atomic E-state index is 13.0. The van der Waals surface area contributed by atoms with Gasteiger partial charge in [-0.3, -0.25) is 14.5 Å². The number of halogens is 3. The number of piperidine rings is 1. The molecule has 1 N–H and O–H groups in total. The van der Waals surface area contributed by atoms with Gasteiger partial charge in [0.2, 0.25) is 11.7 Å². The minimum absolute atomic E-state index is 0.0726. The van der Waals surface area contributed by atoms with Crippen molar-refractivity contribution in [3.8, 4) is 10.6 Å². The monoisotopic (exact) mass is 486 g/mol. The number of likely N-dealkylation sites (tertiary alicyclic amines) is 1. The second-order valence-electron chi connectivity index (χ2n) is 8.19. The normalized spacial score (nSPS) is 20.1. The minimum atomic E-state index is -4.62. The van der Waals surface area contributed by atoms with Gasteiger partial charge in [-0.05, 0) is 31.9 Å². The van der Waals surface area contributed by atoms with E-state index in [-0.39, 0.29) is 29.1 Å². The zero-order chi connectivity index (χ0) is 23.6. The van der Waals surface area contributed by atoms with Crippen LogP contribution >= 0.6 is 11.3 Å². The molecule has 0 aliphatic carbocycles. The summed E-state index contributed by atoms with van der Waals surface area (Å²) >= 11 is 1.08.